The number of aliphatic imine (C=N–C) groups is 1. The molecule has 0 unspecified atom stereocenters. The third kappa shape index (κ3) is 2.58. The van der Waals surface area contributed by atoms with Crippen molar-refractivity contribution in [1.82, 2.24) is 4.57 Å². The van der Waals surface area contributed by atoms with E-state index in [0.29, 0.717) is 11.0 Å². The number of amides is 1. The van der Waals surface area contributed by atoms with Gasteiger partial charge in [-0.2, -0.15) is 4.99 Å². The molecular weight excluding hydrogens is 314 g/mol. The van der Waals surface area contributed by atoms with Crippen LogP contribution in [0, 0.1) is 0 Å². The molecule has 0 spiro atoms. The molecule has 3 aromatic rings. The minimum absolute atomic E-state index is 0.247. The van der Waals surface area contributed by atoms with Crippen LogP contribution in [0.5, 0.6) is 0 Å². The van der Waals surface area contributed by atoms with Gasteiger partial charge in [-0.15, -0.1) is 0 Å². The van der Waals surface area contributed by atoms with Crippen LogP contribution in [0.25, 0.3) is 21.8 Å². The Hall–Kier alpha value is -2.96. The molecule has 0 bridgehead atoms. The summed E-state index contributed by atoms with van der Waals surface area (Å²) in [5.41, 5.74) is 12.0. The van der Waals surface area contributed by atoms with Crippen molar-refractivity contribution >= 4 is 33.7 Å². The maximum atomic E-state index is 13.3. The van der Waals surface area contributed by atoms with Crippen molar-refractivity contribution in [2.45, 2.75) is 6.04 Å². The summed E-state index contributed by atoms with van der Waals surface area (Å²) in [6.07, 6.45) is 0. The number of carbonyl (C=O) groups excluding carboxylic acids is 1. The highest BCUT2D eigenvalue weighted by Gasteiger charge is 2.19. The molecule has 0 saturated carbocycles. The molecule has 7 heteroatoms. The minimum atomic E-state index is -0.958. The zero-order chi connectivity index (χ0) is 17.3. The van der Waals surface area contributed by atoms with Crippen LogP contribution in [0.4, 0.5) is 8.78 Å². The molecule has 124 valence electrons. The smallest absolute Gasteiger partial charge is 0.280 e. The van der Waals surface area contributed by atoms with E-state index in [1.54, 1.807) is 34.9 Å². The predicted octanol–water partition coefficient (Wildman–Crippen LogP) is 2.69. The maximum absolute atomic E-state index is 13.3. The van der Waals surface area contributed by atoms with Gasteiger partial charge in [-0.3, -0.25) is 4.79 Å². The van der Waals surface area contributed by atoms with Crippen LogP contribution in [0.15, 0.2) is 47.5 Å². The Balaban J connectivity index is 2.31. The number of nitrogens with zero attached hydrogens (tertiary/aromatic N) is 2. The number of aromatic nitrogens is 1. The van der Waals surface area contributed by atoms with Gasteiger partial charge in [0.05, 0.1) is 11.6 Å². The van der Waals surface area contributed by atoms with Crippen LogP contribution < -0.4 is 11.5 Å². The molecular formula is C17H16F2N4O. The maximum Gasteiger partial charge on any atom is 0.280 e. The van der Waals surface area contributed by atoms with Gasteiger partial charge >= 0.3 is 0 Å². The lowest BCUT2D eigenvalue weighted by Gasteiger charge is -2.14. The summed E-state index contributed by atoms with van der Waals surface area (Å²) in [6, 6.07) is 11.2. The molecule has 0 fully saturated rings. The number of fused-ring (bicyclic) bond motifs is 3. The second kappa shape index (κ2) is 6.27. The molecule has 0 saturated heterocycles. The normalized spacial score (nSPS) is 11.3. The lowest BCUT2D eigenvalue weighted by molar-refractivity contribution is 0.100. The summed E-state index contributed by atoms with van der Waals surface area (Å²) in [5, 5.41) is 1.67. The highest BCUT2D eigenvalue weighted by atomic mass is 19.1. The van der Waals surface area contributed by atoms with Crippen molar-refractivity contribution in [3.05, 3.63) is 48.0 Å². The van der Waals surface area contributed by atoms with E-state index in [9.17, 15) is 13.6 Å². The monoisotopic (exact) mass is 330 g/mol. The summed E-state index contributed by atoms with van der Waals surface area (Å²) in [4.78, 5) is 15.5. The van der Waals surface area contributed by atoms with Crippen LogP contribution in [-0.2, 0) is 0 Å². The Labute approximate surface area is 136 Å². The van der Waals surface area contributed by atoms with Crippen molar-refractivity contribution in [3.63, 3.8) is 0 Å². The number of halogens is 2. The fraction of sp³-hybridized carbons (Fsp3) is 0.176. The first-order chi connectivity index (χ1) is 11.6. The van der Waals surface area contributed by atoms with Gasteiger partial charge < -0.3 is 16.0 Å². The Bertz CT molecular complexity index is 940. The standard InChI is InChI=1S/C17H16F2N4O/c18-8-11(9-19)23-14-4-2-1-3-12(14)13-6-5-10(7-15(13)23)16(24)22-17(20)21/h1-7,11H,8-9H2,(H4,20,21,22,24). The minimum Gasteiger partial charge on any atom is -0.370 e. The molecule has 1 heterocycles. The second-order valence-corrected chi connectivity index (χ2v) is 5.42. The number of nitrogens with two attached hydrogens (primary N) is 2. The highest BCUT2D eigenvalue weighted by molar-refractivity contribution is 6.11. The summed E-state index contributed by atoms with van der Waals surface area (Å²) >= 11 is 0. The molecule has 0 aliphatic heterocycles. The van der Waals surface area contributed by atoms with E-state index in [1.807, 2.05) is 12.1 Å². The fourth-order valence-electron chi connectivity index (χ4n) is 2.89. The van der Waals surface area contributed by atoms with Crippen molar-refractivity contribution in [2.24, 2.45) is 16.5 Å². The number of hydrogen-bond donors (Lipinski definition) is 2. The van der Waals surface area contributed by atoms with E-state index in [2.05, 4.69) is 4.99 Å². The molecule has 0 aliphatic carbocycles. The first-order valence-electron chi connectivity index (χ1n) is 7.35. The van der Waals surface area contributed by atoms with Crippen molar-refractivity contribution in [2.75, 3.05) is 13.3 Å². The lowest BCUT2D eigenvalue weighted by Crippen LogP contribution is -2.24. The van der Waals surface area contributed by atoms with Gasteiger partial charge in [0, 0.05) is 21.9 Å². The number of para-hydroxylation sites is 1. The molecule has 1 amide bonds. The molecule has 0 radical (unpaired) electrons. The van der Waals surface area contributed by atoms with Crippen molar-refractivity contribution < 1.29 is 13.6 Å². The Morgan fingerprint density at radius 3 is 2.38 bits per heavy atom. The third-order valence-electron chi connectivity index (χ3n) is 3.91. The summed E-state index contributed by atoms with van der Waals surface area (Å²) in [6.45, 7) is -1.70. The molecule has 1 aromatic heterocycles. The number of benzene rings is 2. The first kappa shape index (κ1) is 15.9. The molecule has 24 heavy (non-hydrogen) atoms. The quantitative estimate of drug-likeness (QED) is 0.569. The summed E-state index contributed by atoms with van der Waals surface area (Å²) < 4.78 is 28.2. The van der Waals surface area contributed by atoms with E-state index < -0.39 is 25.3 Å². The SMILES string of the molecule is NC(N)=NC(=O)c1ccc2c3ccccc3n(C(CF)CF)c2c1. The van der Waals surface area contributed by atoms with Crippen molar-refractivity contribution in [1.29, 1.82) is 0 Å². The van der Waals surface area contributed by atoms with Crippen molar-refractivity contribution in [3.8, 4) is 0 Å². The lowest BCUT2D eigenvalue weighted by atomic mass is 10.1. The Kier molecular flexibility index (Phi) is 4.16. The van der Waals surface area contributed by atoms with E-state index in [0.717, 1.165) is 10.8 Å². The van der Waals surface area contributed by atoms with E-state index >= 15 is 0 Å². The summed E-state index contributed by atoms with van der Waals surface area (Å²) in [5.74, 6) is -0.947. The molecule has 3 rings (SSSR count). The zero-order valence-corrected chi connectivity index (χ0v) is 12.7. The number of hydrogen-bond acceptors (Lipinski definition) is 1. The Morgan fingerprint density at radius 1 is 1.04 bits per heavy atom. The third-order valence-corrected chi connectivity index (χ3v) is 3.91. The van der Waals surface area contributed by atoms with Crippen LogP contribution in [0.1, 0.15) is 16.4 Å². The van der Waals surface area contributed by atoms with Gasteiger partial charge in [-0.1, -0.05) is 24.3 Å². The second-order valence-electron chi connectivity index (χ2n) is 5.42. The van der Waals surface area contributed by atoms with E-state index in [1.165, 1.54) is 0 Å². The number of alkyl halides is 2. The number of rotatable bonds is 4. The topological polar surface area (TPSA) is 86.4 Å². The van der Waals surface area contributed by atoms with Gasteiger partial charge in [0.1, 0.15) is 13.3 Å². The average molecular weight is 330 g/mol. The first-order valence-corrected chi connectivity index (χ1v) is 7.35. The molecule has 0 atom stereocenters. The van der Waals surface area contributed by atoms with Gasteiger partial charge in [0.25, 0.3) is 5.91 Å². The largest absolute Gasteiger partial charge is 0.370 e. The van der Waals surface area contributed by atoms with Crippen LogP contribution >= 0.6 is 0 Å². The van der Waals surface area contributed by atoms with Gasteiger partial charge in [0.2, 0.25) is 0 Å². The van der Waals surface area contributed by atoms with Crippen LogP contribution in [0.2, 0.25) is 0 Å². The van der Waals surface area contributed by atoms with Gasteiger partial charge in [-0.05, 0) is 18.2 Å². The number of guanidine groups is 1. The molecule has 2 aromatic carbocycles. The Morgan fingerprint density at radius 2 is 1.71 bits per heavy atom. The van der Waals surface area contributed by atoms with E-state index in [-0.39, 0.29) is 11.5 Å². The molecule has 0 aliphatic rings. The zero-order valence-electron chi connectivity index (χ0n) is 12.7. The molecule has 4 N–H and O–H groups in total. The average Bonchev–Trinajstić information content (AvgIpc) is 2.90. The van der Waals surface area contributed by atoms with Gasteiger partial charge in [0.15, 0.2) is 5.96 Å². The highest BCUT2D eigenvalue weighted by Crippen LogP contribution is 2.33. The summed E-state index contributed by atoms with van der Waals surface area (Å²) in [7, 11) is 0. The van der Waals surface area contributed by atoms with Gasteiger partial charge in [-0.25, -0.2) is 8.78 Å². The number of carbonyl (C=O) groups is 1. The van der Waals surface area contributed by atoms with Crippen LogP contribution in [-0.4, -0.2) is 29.8 Å². The van der Waals surface area contributed by atoms with Crippen LogP contribution in [0.3, 0.4) is 0 Å². The molecule has 5 nitrogen and oxygen atoms in total. The predicted molar refractivity (Wildman–Crippen MR) is 90.6 cm³/mol. The fourth-order valence-corrected chi connectivity index (χ4v) is 2.89. The van der Waals surface area contributed by atoms with E-state index in [4.69, 9.17) is 11.5 Å².